The van der Waals surface area contributed by atoms with Crippen LogP contribution in [0, 0.1) is 11.3 Å². The molecule has 2 saturated heterocycles. The Morgan fingerprint density at radius 2 is 2.00 bits per heavy atom. The third kappa shape index (κ3) is 4.20. The molecule has 0 aliphatic carbocycles. The van der Waals surface area contributed by atoms with Gasteiger partial charge in [-0.15, -0.1) is 0 Å². The third-order valence-electron chi connectivity index (χ3n) is 5.98. The largest absolute Gasteiger partial charge is 0.375 e. The van der Waals surface area contributed by atoms with Gasteiger partial charge in [0.05, 0.1) is 31.9 Å². The summed E-state index contributed by atoms with van der Waals surface area (Å²) in [6.45, 7) is 2.53. The second-order valence-corrected chi connectivity index (χ2v) is 8.36. The molecule has 174 valence electrons. The Morgan fingerprint density at radius 3 is 2.71 bits per heavy atom. The lowest BCUT2D eigenvalue weighted by Gasteiger charge is -2.47. The molecule has 2 aliphatic heterocycles. The third-order valence-corrected chi connectivity index (χ3v) is 5.98. The first kappa shape index (κ1) is 21.9. The van der Waals surface area contributed by atoms with Crippen LogP contribution in [0.4, 0.5) is 10.1 Å². The van der Waals surface area contributed by atoms with E-state index in [0.717, 1.165) is 0 Å². The molecule has 5 rings (SSSR count). The number of hydrogen-bond acceptors (Lipinski definition) is 7. The number of hydrogen-bond donors (Lipinski definition) is 3. The highest BCUT2D eigenvalue weighted by Crippen LogP contribution is 2.27. The highest BCUT2D eigenvalue weighted by Gasteiger charge is 2.44. The van der Waals surface area contributed by atoms with Gasteiger partial charge >= 0.3 is 0 Å². The van der Waals surface area contributed by atoms with Gasteiger partial charge in [0, 0.05) is 34.9 Å². The van der Waals surface area contributed by atoms with E-state index in [2.05, 4.69) is 15.4 Å². The number of aromatic nitrogens is 1. The standard InChI is InChI=1S/C24H22FN5O4/c25-17-3-6-20-16(9-17)10-19(22(31)28-20)21(29-26)11-27-18-4-1-15(2-5-18)23(32)30-7-8-34-24(12-30)13-33-14-24/h1-6,9-11,26-27H,7-8,12-14H2,(H,28,31)/b21-11-,29-26?. The molecule has 0 saturated carbocycles. The number of benzene rings is 2. The molecule has 1 spiro atoms. The summed E-state index contributed by atoms with van der Waals surface area (Å²) in [4.78, 5) is 29.8. The second kappa shape index (κ2) is 8.81. The quantitative estimate of drug-likeness (QED) is 0.501. The Morgan fingerprint density at radius 1 is 1.21 bits per heavy atom. The molecular formula is C24H22FN5O4. The van der Waals surface area contributed by atoms with Gasteiger partial charge in [0.25, 0.3) is 11.5 Å². The molecule has 2 fully saturated rings. The molecule has 3 aromatic rings. The second-order valence-electron chi connectivity index (χ2n) is 8.36. The molecule has 10 heteroatoms. The lowest BCUT2D eigenvalue weighted by Crippen LogP contribution is -2.63. The number of halogens is 1. The van der Waals surface area contributed by atoms with Crippen molar-refractivity contribution in [2.45, 2.75) is 5.60 Å². The van der Waals surface area contributed by atoms with Crippen LogP contribution in [0.3, 0.4) is 0 Å². The van der Waals surface area contributed by atoms with Crippen LogP contribution >= 0.6 is 0 Å². The maximum absolute atomic E-state index is 13.6. The van der Waals surface area contributed by atoms with Crippen LogP contribution in [-0.2, 0) is 9.47 Å². The van der Waals surface area contributed by atoms with Gasteiger partial charge in [0.1, 0.15) is 17.1 Å². The van der Waals surface area contributed by atoms with Gasteiger partial charge in [0.2, 0.25) is 0 Å². The summed E-state index contributed by atoms with van der Waals surface area (Å²) in [6.07, 6.45) is 1.42. The molecule has 2 aromatic carbocycles. The summed E-state index contributed by atoms with van der Waals surface area (Å²) in [5.41, 5.74) is 8.57. The lowest BCUT2D eigenvalue weighted by atomic mass is 9.99. The number of carbonyl (C=O) groups excluding carboxylic acids is 1. The normalized spacial score (nSPS) is 17.4. The van der Waals surface area contributed by atoms with E-state index in [1.807, 2.05) is 0 Å². The molecule has 2 aliphatic rings. The van der Waals surface area contributed by atoms with Crippen molar-refractivity contribution >= 4 is 28.2 Å². The minimum atomic E-state index is -0.441. The van der Waals surface area contributed by atoms with Crippen molar-refractivity contribution < 1.29 is 18.7 Å². The molecule has 0 radical (unpaired) electrons. The number of amides is 1. The number of H-pyrrole nitrogens is 1. The number of carbonyl (C=O) groups is 1. The van der Waals surface area contributed by atoms with Gasteiger partial charge in [-0.25, -0.2) is 9.92 Å². The molecular weight excluding hydrogens is 441 g/mol. The zero-order chi connectivity index (χ0) is 23.7. The van der Waals surface area contributed by atoms with Crippen LogP contribution in [0.2, 0.25) is 0 Å². The summed E-state index contributed by atoms with van der Waals surface area (Å²) in [7, 11) is 0. The van der Waals surface area contributed by atoms with Gasteiger partial charge < -0.3 is 24.7 Å². The van der Waals surface area contributed by atoms with Gasteiger partial charge in [-0.3, -0.25) is 9.59 Å². The predicted molar refractivity (Wildman–Crippen MR) is 123 cm³/mol. The van der Waals surface area contributed by atoms with E-state index in [-0.39, 0.29) is 22.8 Å². The highest BCUT2D eigenvalue weighted by molar-refractivity contribution is 5.94. The number of anilines is 1. The van der Waals surface area contributed by atoms with Crippen LogP contribution in [0.15, 0.2) is 64.6 Å². The molecule has 3 N–H and O–H groups in total. The first-order valence-electron chi connectivity index (χ1n) is 10.7. The predicted octanol–water partition coefficient (Wildman–Crippen LogP) is 3.35. The van der Waals surface area contributed by atoms with Crippen LogP contribution in [-0.4, -0.2) is 54.3 Å². The summed E-state index contributed by atoms with van der Waals surface area (Å²) >= 11 is 0. The van der Waals surface area contributed by atoms with Crippen molar-refractivity contribution in [3.8, 4) is 0 Å². The van der Waals surface area contributed by atoms with Gasteiger partial charge in [0.15, 0.2) is 0 Å². The van der Waals surface area contributed by atoms with E-state index in [9.17, 15) is 14.0 Å². The van der Waals surface area contributed by atoms with Crippen LogP contribution in [0.25, 0.3) is 16.6 Å². The van der Waals surface area contributed by atoms with Crippen molar-refractivity contribution in [1.82, 2.24) is 9.88 Å². The van der Waals surface area contributed by atoms with E-state index in [1.165, 1.54) is 30.5 Å². The SMILES string of the molecule is N=N/C(=C\Nc1ccc(C(=O)N2CCOC3(COC3)C2)cc1)c1cc2cc(F)ccc2[nH]c1=O. The molecule has 0 bridgehead atoms. The van der Waals surface area contributed by atoms with Crippen LogP contribution in [0.5, 0.6) is 0 Å². The zero-order valence-corrected chi connectivity index (χ0v) is 18.1. The Bertz CT molecular complexity index is 1350. The molecule has 0 atom stereocenters. The number of morpholine rings is 1. The molecule has 3 heterocycles. The number of aromatic amines is 1. The van der Waals surface area contributed by atoms with E-state index >= 15 is 0 Å². The lowest BCUT2D eigenvalue weighted by molar-refractivity contribution is -0.232. The smallest absolute Gasteiger partial charge is 0.258 e. The van der Waals surface area contributed by atoms with Crippen molar-refractivity contribution in [3.05, 3.63) is 82.0 Å². The highest BCUT2D eigenvalue weighted by atomic mass is 19.1. The van der Waals surface area contributed by atoms with Crippen molar-refractivity contribution in [1.29, 1.82) is 5.53 Å². The monoisotopic (exact) mass is 463 g/mol. The van der Waals surface area contributed by atoms with Crippen LogP contribution < -0.4 is 10.9 Å². The summed E-state index contributed by atoms with van der Waals surface area (Å²) in [5, 5.41) is 6.93. The van der Waals surface area contributed by atoms with E-state index in [1.54, 1.807) is 29.2 Å². The molecule has 9 nitrogen and oxygen atoms in total. The Balaban J connectivity index is 1.31. The fourth-order valence-corrected chi connectivity index (χ4v) is 4.10. The minimum absolute atomic E-state index is 0.0755. The summed E-state index contributed by atoms with van der Waals surface area (Å²) < 4.78 is 24.6. The fraction of sp³-hybridized carbons (Fsp3) is 0.250. The van der Waals surface area contributed by atoms with E-state index in [4.69, 9.17) is 15.0 Å². The van der Waals surface area contributed by atoms with E-state index in [0.29, 0.717) is 55.1 Å². The first-order valence-corrected chi connectivity index (χ1v) is 10.7. The Hall–Kier alpha value is -3.89. The zero-order valence-electron chi connectivity index (χ0n) is 18.1. The molecule has 1 aromatic heterocycles. The Kier molecular flexibility index (Phi) is 5.68. The number of pyridine rings is 1. The van der Waals surface area contributed by atoms with Crippen molar-refractivity contribution in [3.63, 3.8) is 0 Å². The maximum Gasteiger partial charge on any atom is 0.258 e. The topological polar surface area (TPSA) is 120 Å². The molecule has 34 heavy (non-hydrogen) atoms. The number of rotatable bonds is 5. The van der Waals surface area contributed by atoms with Gasteiger partial charge in [-0.05, 0) is 48.5 Å². The minimum Gasteiger partial charge on any atom is -0.375 e. The summed E-state index contributed by atoms with van der Waals surface area (Å²) in [6, 6.07) is 12.4. The number of ether oxygens (including phenoxy) is 2. The Labute approximate surface area is 193 Å². The number of nitrogens with zero attached hydrogens (tertiary/aromatic N) is 2. The number of fused-ring (bicyclic) bond motifs is 1. The first-order chi connectivity index (χ1) is 16.5. The average molecular weight is 463 g/mol. The molecule has 1 amide bonds. The number of nitrogens with one attached hydrogen (secondary N) is 3. The fourth-order valence-electron chi connectivity index (χ4n) is 4.10. The van der Waals surface area contributed by atoms with Crippen molar-refractivity contribution in [2.24, 2.45) is 5.11 Å². The average Bonchev–Trinajstić information content (AvgIpc) is 2.84. The van der Waals surface area contributed by atoms with Gasteiger partial charge in [-0.2, -0.15) is 5.11 Å². The van der Waals surface area contributed by atoms with E-state index < -0.39 is 11.4 Å². The maximum atomic E-state index is 13.6. The van der Waals surface area contributed by atoms with Crippen LogP contribution in [0.1, 0.15) is 15.9 Å². The molecule has 0 unspecified atom stereocenters. The van der Waals surface area contributed by atoms with Crippen molar-refractivity contribution in [2.75, 3.05) is 38.2 Å². The summed E-state index contributed by atoms with van der Waals surface area (Å²) in [5.74, 6) is -0.506. The van der Waals surface area contributed by atoms with Gasteiger partial charge in [-0.1, -0.05) is 0 Å².